The van der Waals surface area contributed by atoms with Crippen LogP contribution in [0.3, 0.4) is 0 Å². The molecule has 2 saturated heterocycles. The van der Waals surface area contributed by atoms with Crippen molar-refractivity contribution in [1.82, 2.24) is 5.32 Å². The Morgan fingerprint density at radius 1 is 1.23 bits per heavy atom. The van der Waals surface area contributed by atoms with Crippen LogP contribution in [0.5, 0.6) is 0 Å². The predicted molar refractivity (Wildman–Crippen MR) is 50.5 cm³/mol. The van der Waals surface area contributed by atoms with Crippen molar-refractivity contribution in [2.75, 3.05) is 26.3 Å². The summed E-state index contributed by atoms with van der Waals surface area (Å²) < 4.78 is 5.29. The van der Waals surface area contributed by atoms with Crippen LogP contribution < -0.4 is 5.32 Å². The smallest absolute Gasteiger partial charge is 0.0826 e. The molecular formula is C10H19NO2. The van der Waals surface area contributed by atoms with Gasteiger partial charge in [-0.25, -0.2) is 0 Å². The van der Waals surface area contributed by atoms with Crippen molar-refractivity contribution in [3.05, 3.63) is 0 Å². The van der Waals surface area contributed by atoms with E-state index in [0.29, 0.717) is 18.4 Å². The van der Waals surface area contributed by atoms with Gasteiger partial charge in [0, 0.05) is 5.92 Å². The first-order chi connectivity index (χ1) is 6.38. The number of ether oxygens (including phenoxy) is 1. The first kappa shape index (κ1) is 9.44. The minimum absolute atomic E-state index is 0.218. The maximum absolute atomic E-state index is 9.68. The van der Waals surface area contributed by atoms with E-state index < -0.39 is 0 Å². The third kappa shape index (κ3) is 2.22. The van der Waals surface area contributed by atoms with Crippen molar-refractivity contribution < 1.29 is 9.84 Å². The van der Waals surface area contributed by atoms with Crippen LogP contribution in [0.4, 0.5) is 0 Å². The summed E-state index contributed by atoms with van der Waals surface area (Å²) in [7, 11) is 0. The zero-order valence-electron chi connectivity index (χ0n) is 8.04. The Bertz CT molecular complexity index is 155. The summed E-state index contributed by atoms with van der Waals surface area (Å²) in [5.74, 6) is 1.01. The van der Waals surface area contributed by atoms with Gasteiger partial charge < -0.3 is 15.2 Å². The number of rotatable bonds is 1. The van der Waals surface area contributed by atoms with Gasteiger partial charge in [0.05, 0.1) is 19.3 Å². The number of nitrogens with one attached hydrogen (secondary N) is 1. The van der Waals surface area contributed by atoms with Crippen LogP contribution in [0.15, 0.2) is 0 Å². The molecule has 0 amide bonds. The number of aliphatic hydroxyl groups is 1. The van der Waals surface area contributed by atoms with Crippen molar-refractivity contribution in [2.24, 2.45) is 11.8 Å². The van der Waals surface area contributed by atoms with Crippen molar-refractivity contribution in [2.45, 2.75) is 25.4 Å². The van der Waals surface area contributed by atoms with E-state index in [1.54, 1.807) is 0 Å². The van der Waals surface area contributed by atoms with Crippen LogP contribution in [-0.4, -0.2) is 37.5 Å². The van der Waals surface area contributed by atoms with Crippen LogP contribution >= 0.6 is 0 Å². The standard InChI is InChI=1S/C10H19NO2/c12-10-7-13-6-9(10)8-3-1-2-4-11-5-8/h8-12H,1-7H2. The average Bonchev–Trinajstić information content (AvgIpc) is 2.43. The number of hydrogen-bond acceptors (Lipinski definition) is 3. The van der Waals surface area contributed by atoms with Crippen LogP contribution in [-0.2, 0) is 4.74 Å². The van der Waals surface area contributed by atoms with Gasteiger partial charge in [-0.05, 0) is 31.8 Å². The molecule has 0 bridgehead atoms. The van der Waals surface area contributed by atoms with Gasteiger partial charge in [-0.1, -0.05) is 6.42 Å². The van der Waals surface area contributed by atoms with Crippen molar-refractivity contribution >= 4 is 0 Å². The summed E-state index contributed by atoms with van der Waals surface area (Å²) >= 11 is 0. The Kier molecular flexibility index (Phi) is 3.19. The molecule has 0 radical (unpaired) electrons. The van der Waals surface area contributed by atoms with Crippen LogP contribution in [0.25, 0.3) is 0 Å². The van der Waals surface area contributed by atoms with Gasteiger partial charge in [-0.15, -0.1) is 0 Å². The molecular weight excluding hydrogens is 166 g/mol. The molecule has 3 heteroatoms. The summed E-state index contributed by atoms with van der Waals surface area (Å²) in [6.07, 6.45) is 3.60. The number of hydrogen-bond donors (Lipinski definition) is 2. The second kappa shape index (κ2) is 4.40. The van der Waals surface area contributed by atoms with Gasteiger partial charge in [-0.2, -0.15) is 0 Å². The highest BCUT2D eigenvalue weighted by molar-refractivity contribution is 4.83. The Labute approximate surface area is 79.5 Å². The fourth-order valence-electron chi connectivity index (χ4n) is 2.42. The summed E-state index contributed by atoms with van der Waals surface area (Å²) in [4.78, 5) is 0. The molecule has 2 rings (SSSR count). The molecule has 2 aliphatic heterocycles. The molecule has 3 unspecified atom stereocenters. The van der Waals surface area contributed by atoms with Crippen LogP contribution in [0.2, 0.25) is 0 Å². The first-order valence-electron chi connectivity index (χ1n) is 5.34. The highest BCUT2D eigenvalue weighted by Gasteiger charge is 2.33. The third-order valence-corrected chi connectivity index (χ3v) is 3.28. The molecule has 0 spiro atoms. The SMILES string of the molecule is OC1COCC1C1CCCCNC1. The second-order valence-electron chi connectivity index (χ2n) is 4.23. The molecule has 0 aromatic rings. The summed E-state index contributed by atoms with van der Waals surface area (Å²) in [6, 6.07) is 0. The van der Waals surface area contributed by atoms with Crippen molar-refractivity contribution in [1.29, 1.82) is 0 Å². The van der Waals surface area contributed by atoms with Gasteiger partial charge >= 0.3 is 0 Å². The fraction of sp³-hybridized carbons (Fsp3) is 1.00. The molecule has 0 aliphatic carbocycles. The average molecular weight is 185 g/mol. The quantitative estimate of drug-likeness (QED) is 0.620. The molecule has 3 nitrogen and oxygen atoms in total. The Hall–Kier alpha value is -0.120. The molecule has 0 aromatic carbocycles. The number of aliphatic hydroxyl groups excluding tert-OH is 1. The predicted octanol–water partition coefficient (Wildman–Crippen LogP) is 0.383. The zero-order valence-corrected chi connectivity index (χ0v) is 8.04. The molecule has 2 heterocycles. The van der Waals surface area contributed by atoms with E-state index >= 15 is 0 Å². The monoisotopic (exact) mass is 185 g/mol. The van der Waals surface area contributed by atoms with Gasteiger partial charge in [0.15, 0.2) is 0 Å². The minimum atomic E-state index is -0.218. The maximum atomic E-state index is 9.68. The maximum Gasteiger partial charge on any atom is 0.0826 e. The molecule has 2 fully saturated rings. The Morgan fingerprint density at radius 2 is 2.15 bits per heavy atom. The van der Waals surface area contributed by atoms with E-state index in [4.69, 9.17) is 4.74 Å². The molecule has 2 N–H and O–H groups in total. The third-order valence-electron chi connectivity index (χ3n) is 3.28. The van der Waals surface area contributed by atoms with E-state index in [1.165, 1.54) is 19.3 Å². The highest BCUT2D eigenvalue weighted by Crippen LogP contribution is 2.27. The second-order valence-corrected chi connectivity index (χ2v) is 4.23. The van der Waals surface area contributed by atoms with E-state index in [0.717, 1.165) is 19.7 Å². The normalized spacial score (nSPS) is 41.8. The Balaban J connectivity index is 1.89. The first-order valence-corrected chi connectivity index (χ1v) is 5.34. The molecule has 13 heavy (non-hydrogen) atoms. The van der Waals surface area contributed by atoms with Crippen molar-refractivity contribution in [3.63, 3.8) is 0 Å². The van der Waals surface area contributed by atoms with Crippen LogP contribution in [0, 0.1) is 11.8 Å². The van der Waals surface area contributed by atoms with Crippen molar-refractivity contribution in [3.8, 4) is 0 Å². The summed E-state index contributed by atoms with van der Waals surface area (Å²) in [5.41, 5.74) is 0. The zero-order chi connectivity index (χ0) is 9.10. The molecule has 0 aromatic heterocycles. The molecule has 76 valence electrons. The molecule has 3 atom stereocenters. The summed E-state index contributed by atoms with van der Waals surface area (Å²) in [6.45, 7) is 3.50. The molecule has 0 saturated carbocycles. The fourth-order valence-corrected chi connectivity index (χ4v) is 2.42. The van der Waals surface area contributed by atoms with E-state index in [9.17, 15) is 5.11 Å². The van der Waals surface area contributed by atoms with E-state index in [1.807, 2.05) is 0 Å². The van der Waals surface area contributed by atoms with Gasteiger partial charge in [-0.3, -0.25) is 0 Å². The lowest BCUT2D eigenvalue weighted by molar-refractivity contribution is 0.103. The highest BCUT2D eigenvalue weighted by atomic mass is 16.5. The summed E-state index contributed by atoms with van der Waals surface area (Å²) in [5, 5.41) is 13.1. The van der Waals surface area contributed by atoms with Gasteiger partial charge in [0.2, 0.25) is 0 Å². The van der Waals surface area contributed by atoms with Crippen LogP contribution in [0.1, 0.15) is 19.3 Å². The molecule has 2 aliphatic rings. The topological polar surface area (TPSA) is 41.5 Å². The van der Waals surface area contributed by atoms with Gasteiger partial charge in [0.25, 0.3) is 0 Å². The van der Waals surface area contributed by atoms with E-state index in [-0.39, 0.29) is 6.10 Å². The minimum Gasteiger partial charge on any atom is -0.390 e. The largest absolute Gasteiger partial charge is 0.390 e. The van der Waals surface area contributed by atoms with Gasteiger partial charge in [0.1, 0.15) is 0 Å². The lowest BCUT2D eigenvalue weighted by Gasteiger charge is -2.22. The van der Waals surface area contributed by atoms with E-state index in [2.05, 4.69) is 5.32 Å². The Morgan fingerprint density at radius 3 is 2.92 bits per heavy atom. The lowest BCUT2D eigenvalue weighted by Crippen LogP contribution is -2.32. The lowest BCUT2D eigenvalue weighted by atomic mass is 9.86.